The van der Waals surface area contributed by atoms with Crippen LogP contribution in [0.5, 0.6) is 0 Å². The van der Waals surface area contributed by atoms with E-state index in [0.29, 0.717) is 5.92 Å². The van der Waals surface area contributed by atoms with Gasteiger partial charge in [0.25, 0.3) is 5.91 Å². The average Bonchev–Trinajstić information content (AvgIpc) is 3.38. The number of halogens is 2. The van der Waals surface area contributed by atoms with Crippen LogP contribution in [0.2, 0.25) is 0 Å². The molecule has 1 saturated carbocycles. The van der Waals surface area contributed by atoms with Gasteiger partial charge < -0.3 is 5.32 Å². The largest absolute Gasteiger partial charge is 0.345 e. The second kappa shape index (κ2) is 6.62. The fourth-order valence-electron chi connectivity index (χ4n) is 2.65. The van der Waals surface area contributed by atoms with E-state index in [1.54, 1.807) is 0 Å². The van der Waals surface area contributed by atoms with E-state index in [1.165, 1.54) is 18.5 Å². The number of amides is 1. The molecule has 4 rings (SSSR count). The number of hydrogen-bond donors (Lipinski definition) is 2. The maximum absolute atomic E-state index is 13.8. The molecule has 2 N–H and O–H groups in total. The minimum Gasteiger partial charge on any atom is -0.345 e. The molecule has 0 saturated heterocycles. The van der Waals surface area contributed by atoms with Gasteiger partial charge in [-0.05, 0) is 37.1 Å². The monoisotopic (exact) mass is 355 g/mol. The lowest BCUT2D eigenvalue weighted by Crippen LogP contribution is -2.23. The van der Waals surface area contributed by atoms with Gasteiger partial charge in [-0.15, -0.1) is 0 Å². The molecule has 2 aromatic heterocycles. The third kappa shape index (κ3) is 3.44. The summed E-state index contributed by atoms with van der Waals surface area (Å²) >= 11 is 0. The minimum atomic E-state index is -0.739. The molecule has 26 heavy (non-hydrogen) atoms. The Labute approximate surface area is 147 Å². The molecule has 3 aromatic rings. The number of aromatic nitrogens is 4. The molecule has 0 atom stereocenters. The Morgan fingerprint density at radius 2 is 2.04 bits per heavy atom. The number of rotatable bonds is 5. The van der Waals surface area contributed by atoms with Crippen molar-refractivity contribution >= 4 is 5.91 Å². The number of carbonyl (C=O) groups is 1. The predicted octanol–water partition coefficient (Wildman–Crippen LogP) is 2.95. The molecule has 6 nitrogen and oxygen atoms in total. The van der Waals surface area contributed by atoms with E-state index >= 15 is 0 Å². The number of H-pyrrole nitrogens is 1. The fraction of sp³-hybridized carbons (Fsp3) is 0.222. The second-order valence-electron chi connectivity index (χ2n) is 6.18. The number of hydrogen-bond acceptors (Lipinski definition) is 4. The van der Waals surface area contributed by atoms with Crippen LogP contribution in [0.3, 0.4) is 0 Å². The molecule has 1 fully saturated rings. The molecule has 1 aliphatic carbocycles. The first-order valence-corrected chi connectivity index (χ1v) is 8.20. The lowest BCUT2D eigenvalue weighted by Gasteiger charge is -2.04. The molecule has 8 heteroatoms. The summed E-state index contributed by atoms with van der Waals surface area (Å²) in [5, 5.41) is 9.23. The molecule has 0 spiro atoms. The van der Waals surface area contributed by atoms with Gasteiger partial charge in [0.2, 0.25) is 0 Å². The quantitative estimate of drug-likeness (QED) is 0.737. The van der Waals surface area contributed by atoms with Crippen molar-refractivity contribution in [2.24, 2.45) is 0 Å². The Bertz CT molecular complexity index is 968. The molecular formula is C18H15F2N5O. The van der Waals surface area contributed by atoms with E-state index in [2.05, 4.69) is 25.5 Å². The fourth-order valence-corrected chi connectivity index (χ4v) is 2.65. The van der Waals surface area contributed by atoms with E-state index < -0.39 is 17.5 Å². The van der Waals surface area contributed by atoms with Gasteiger partial charge in [0, 0.05) is 23.2 Å². The third-order valence-electron chi connectivity index (χ3n) is 4.20. The van der Waals surface area contributed by atoms with Crippen LogP contribution in [0.15, 0.2) is 36.7 Å². The summed E-state index contributed by atoms with van der Waals surface area (Å²) in [6.07, 6.45) is 3.78. The molecule has 1 amide bonds. The van der Waals surface area contributed by atoms with Crippen LogP contribution in [-0.4, -0.2) is 26.1 Å². The Kier molecular flexibility index (Phi) is 4.16. The SMILES string of the molecule is O=C(NCc1cc(C2CC2)ncn1)c1cc(-c2ccc(F)cc2F)n[nH]1. The maximum Gasteiger partial charge on any atom is 0.269 e. The first-order valence-electron chi connectivity index (χ1n) is 8.20. The van der Waals surface area contributed by atoms with Crippen molar-refractivity contribution in [2.75, 3.05) is 0 Å². The third-order valence-corrected chi connectivity index (χ3v) is 4.20. The molecule has 0 radical (unpaired) electrons. The zero-order valence-corrected chi connectivity index (χ0v) is 13.7. The van der Waals surface area contributed by atoms with Gasteiger partial charge in [0.1, 0.15) is 23.7 Å². The zero-order valence-electron chi connectivity index (χ0n) is 13.7. The van der Waals surface area contributed by atoms with Crippen LogP contribution in [0.25, 0.3) is 11.3 Å². The smallest absolute Gasteiger partial charge is 0.269 e. The van der Waals surface area contributed by atoms with Crippen LogP contribution in [0, 0.1) is 11.6 Å². The molecule has 2 heterocycles. The van der Waals surface area contributed by atoms with Crippen LogP contribution in [0.1, 0.15) is 40.6 Å². The molecule has 1 aliphatic rings. The molecule has 1 aromatic carbocycles. The summed E-state index contributed by atoms with van der Waals surface area (Å²) in [6.45, 7) is 0.250. The maximum atomic E-state index is 13.8. The highest BCUT2D eigenvalue weighted by molar-refractivity contribution is 5.93. The minimum absolute atomic E-state index is 0.117. The first kappa shape index (κ1) is 16.3. The topological polar surface area (TPSA) is 83.6 Å². The van der Waals surface area contributed by atoms with Crippen LogP contribution < -0.4 is 5.32 Å². The van der Waals surface area contributed by atoms with Gasteiger partial charge in [-0.3, -0.25) is 9.89 Å². The molecule has 0 aliphatic heterocycles. The van der Waals surface area contributed by atoms with Crippen LogP contribution in [0.4, 0.5) is 8.78 Å². The summed E-state index contributed by atoms with van der Waals surface area (Å²) in [7, 11) is 0. The number of nitrogens with one attached hydrogen (secondary N) is 2. The number of nitrogens with zero attached hydrogens (tertiary/aromatic N) is 3. The molecule has 0 bridgehead atoms. The number of benzene rings is 1. The van der Waals surface area contributed by atoms with Gasteiger partial charge in [-0.25, -0.2) is 18.7 Å². The summed E-state index contributed by atoms with van der Waals surface area (Å²) in [6, 6.07) is 6.50. The van der Waals surface area contributed by atoms with E-state index in [-0.39, 0.29) is 23.5 Å². The van der Waals surface area contributed by atoms with Gasteiger partial charge in [0.15, 0.2) is 0 Å². The second-order valence-corrected chi connectivity index (χ2v) is 6.18. The van der Waals surface area contributed by atoms with Crippen LogP contribution in [-0.2, 0) is 6.54 Å². The Morgan fingerprint density at radius 3 is 2.81 bits per heavy atom. The highest BCUT2D eigenvalue weighted by Crippen LogP contribution is 2.38. The lowest BCUT2D eigenvalue weighted by atomic mass is 10.1. The average molecular weight is 355 g/mol. The zero-order chi connectivity index (χ0) is 18.1. The van der Waals surface area contributed by atoms with Gasteiger partial charge >= 0.3 is 0 Å². The molecule has 0 unspecified atom stereocenters. The van der Waals surface area contributed by atoms with E-state index in [1.807, 2.05) is 6.07 Å². The number of carbonyl (C=O) groups excluding carboxylic acids is 1. The highest BCUT2D eigenvalue weighted by Gasteiger charge is 2.25. The van der Waals surface area contributed by atoms with Crippen molar-refractivity contribution in [1.29, 1.82) is 0 Å². The van der Waals surface area contributed by atoms with E-state index in [0.717, 1.165) is 36.4 Å². The standard InChI is InChI=1S/C18H15F2N5O/c19-11-3-4-13(14(20)5-11)16-7-17(25-24-16)18(26)21-8-12-6-15(10-1-2-10)23-9-22-12/h3-7,9-10H,1-2,8H2,(H,21,26)(H,24,25). The van der Waals surface area contributed by atoms with Crippen molar-refractivity contribution < 1.29 is 13.6 Å². The van der Waals surface area contributed by atoms with E-state index in [9.17, 15) is 13.6 Å². The van der Waals surface area contributed by atoms with Crippen molar-refractivity contribution in [3.8, 4) is 11.3 Å². The van der Waals surface area contributed by atoms with Crippen LogP contribution >= 0.6 is 0 Å². The van der Waals surface area contributed by atoms with E-state index in [4.69, 9.17) is 0 Å². The van der Waals surface area contributed by atoms with Crippen molar-refractivity contribution in [1.82, 2.24) is 25.5 Å². The Morgan fingerprint density at radius 1 is 1.19 bits per heavy atom. The highest BCUT2D eigenvalue weighted by atomic mass is 19.1. The summed E-state index contributed by atoms with van der Waals surface area (Å²) in [4.78, 5) is 20.6. The summed E-state index contributed by atoms with van der Waals surface area (Å²) < 4.78 is 26.8. The Balaban J connectivity index is 1.44. The first-order chi connectivity index (χ1) is 12.6. The lowest BCUT2D eigenvalue weighted by molar-refractivity contribution is 0.0945. The van der Waals surface area contributed by atoms with Crippen molar-refractivity contribution in [3.63, 3.8) is 0 Å². The predicted molar refractivity (Wildman–Crippen MR) is 89.1 cm³/mol. The number of aromatic amines is 1. The Hall–Kier alpha value is -3.16. The molecular weight excluding hydrogens is 340 g/mol. The van der Waals surface area contributed by atoms with Crippen molar-refractivity contribution in [2.45, 2.75) is 25.3 Å². The van der Waals surface area contributed by atoms with Gasteiger partial charge in [-0.1, -0.05) is 0 Å². The van der Waals surface area contributed by atoms with Gasteiger partial charge in [0.05, 0.1) is 17.9 Å². The summed E-state index contributed by atoms with van der Waals surface area (Å²) in [5.74, 6) is -1.29. The normalized spacial score (nSPS) is 13.6. The van der Waals surface area contributed by atoms with Crippen molar-refractivity contribution in [3.05, 3.63) is 65.4 Å². The van der Waals surface area contributed by atoms with Gasteiger partial charge in [-0.2, -0.15) is 5.10 Å². The molecule has 132 valence electrons. The summed E-state index contributed by atoms with van der Waals surface area (Å²) in [5.41, 5.74) is 2.25.